The van der Waals surface area contributed by atoms with Gasteiger partial charge in [0, 0.05) is 11.6 Å². The molecule has 2 heteroatoms. The number of rotatable bonds is 3. The third kappa shape index (κ3) is 2.77. The fourth-order valence-corrected chi connectivity index (χ4v) is 3.68. The lowest BCUT2D eigenvalue weighted by molar-refractivity contribution is 0.0562. The van der Waals surface area contributed by atoms with E-state index < -0.39 is 0 Å². The Morgan fingerprint density at radius 2 is 1.80 bits per heavy atom. The Morgan fingerprint density at radius 3 is 2.35 bits per heavy atom. The van der Waals surface area contributed by atoms with E-state index in [9.17, 15) is 0 Å². The maximum absolute atomic E-state index is 6.78. The molecule has 20 heavy (non-hydrogen) atoms. The van der Waals surface area contributed by atoms with Crippen molar-refractivity contribution >= 4 is 0 Å². The van der Waals surface area contributed by atoms with Gasteiger partial charge in [-0.2, -0.15) is 0 Å². The summed E-state index contributed by atoms with van der Waals surface area (Å²) >= 11 is 0. The van der Waals surface area contributed by atoms with E-state index in [4.69, 9.17) is 5.73 Å². The average Bonchev–Trinajstić information content (AvgIpc) is 2.41. The average molecular weight is 274 g/mol. The lowest BCUT2D eigenvalue weighted by Gasteiger charge is -2.49. The van der Waals surface area contributed by atoms with Crippen molar-refractivity contribution in [1.82, 2.24) is 4.90 Å². The molecule has 1 aromatic rings. The minimum atomic E-state index is 0.102. The van der Waals surface area contributed by atoms with Crippen LogP contribution in [0.3, 0.4) is 0 Å². The summed E-state index contributed by atoms with van der Waals surface area (Å²) in [7, 11) is 4.39. The first-order chi connectivity index (χ1) is 9.36. The van der Waals surface area contributed by atoms with Gasteiger partial charge in [0.25, 0.3) is 0 Å². The molecule has 112 valence electrons. The van der Waals surface area contributed by atoms with Crippen LogP contribution < -0.4 is 5.73 Å². The summed E-state index contributed by atoms with van der Waals surface area (Å²) in [5.74, 6) is 0.842. The lowest BCUT2D eigenvalue weighted by Crippen LogP contribution is -2.54. The van der Waals surface area contributed by atoms with E-state index in [2.05, 4.69) is 58.0 Å². The molecule has 1 atom stereocenters. The van der Waals surface area contributed by atoms with Gasteiger partial charge in [-0.1, -0.05) is 30.7 Å². The molecule has 0 aliphatic heterocycles. The lowest BCUT2D eigenvalue weighted by atomic mass is 9.70. The van der Waals surface area contributed by atoms with Crippen LogP contribution in [0.2, 0.25) is 0 Å². The van der Waals surface area contributed by atoms with E-state index in [0.717, 1.165) is 5.92 Å². The van der Waals surface area contributed by atoms with Crippen molar-refractivity contribution in [3.63, 3.8) is 0 Å². The van der Waals surface area contributed by atoms with E-state index in [1.807, 2.05) is 0 Å². The number of hydrogen-bond acceptors (Lipinski definition) is 2. The highest BCUT2D eigenvalue weighted by atomic mass is 15.2. The van der Waals surface area contributed by atoms with Crippen molar-refractivity contribution in [1.29, 1.82) is 0 Å². The van der Waals surface area contributed by atoms with Crippen LogP contribution in [-0.2, 0) is 0 Å². The van der Waals surface area contributed by atoms with Gasteiger partial charge >= 0.3 is 0 Å². The molecule has 1 saturated carbocycles. The summed E-state index contributed by atoms with van der Waals surface area (Å²) < 4.78 is 0. The molecule has 0 spiro atoms. The molecule has 1 aromatic carbocycles. The molecular weight excluding hydrogens is 244 g/mol. The Hall–Kier alpha value is -0.860. The van der Waals surface area contributed by atoms with Crippen molar-refractivity contribution in [2.24, 2.45) is 11.7 Å². The van der Waals surface area contributed by atoms with Gasteiger partial charge in [-0.3, -0.25) is 0 Å². The molecule has 1 unspecified atom stereocenters. The molecule has 1 aliphatic rings. The van der Waals surface area contributed by atoms with Crippen molar-refractivity contribution < 1.29 is 0 Å². The number of nitrogens with two attached hydrogens (primary N) is 1. The smallest absolute Gasteiger partial charge is 0.0484 e. The Morgan fingerprint density at radius 1 is 1.20 bits per heavy atom. The van der Waals surface area contributed by atoms with E-state index in [1.165, 1.54) is 42.4 Å². The first-order valence-electron chi connectivity index (χ1n) is 7.87. The standard InChI is InChI=1S/C18H30N2/c1-13-8-10-18(11-9-13,20(4)5)17(19)16-12-14(2)6-7-15(16)3/h6-7,12-13,17H,8-11,19H2,1-5H3. The molecular formula is C18H30N2. The van der Waals surface area contributed by atoms with Crippen LogP contribution in [0.4, 0.5) is 0 Å². The second-order valence-corrected chi connectivity index (χ2v) is 7.02. The third-order valence-corrected chi connectivity index (χ3v) is 5.38. The zero-order valence-electron chi connectivity index (χ0n) is 13.7. The van der Waals surface area contributed by atoms with Crippen LogP contribution in [-0.4, -0.2) is 24.5 Å². The fourth-order valence-electron chi connectivity index (χ4n) is 3.68. The highest BCUT2D eigenvalue weighted by Gasteiger charge is 2.42. The number of nitrogens with zero attached hydrogens (tertiary/aromatic N) is 1. The Labute approximate surface area is 124 Å². The number of benzene rings is 1. The first kappa shape index (κ1) is 15.5. The topological polar surface area (TPSA) is 29.3 Å². The zero-order valence-corrected chi connectivity index (χ0v) is 13.7. The Bertz CT molecular complexity index is 456. The molecule has 1 aliphatic carbocycles. The van der Waals surface area contributed by atoms with E-state index >= 15 is 0 Å². The highest BCUT2D eigenvalue weighted by Crippen LogP contribution is 2.43. The number of aryl methyl sites for hydroxylation is 2. The van der Waals surface area contributed by atoms with Crippen molar-refractivity contribution in [2.45, 2.75) is 58.0 Å². The monoisotopic (exact) mass is 274 g/mol. The van der Waals surface area contributed by atoms with Crippen LogP contribution in [0.1, 0.15) is 55.3 Å². The fraction of sp³-hybridized carbons (Fsp3) is 0.667. The van der Waals surface area contributed by atoms with Gasteiger partial charge in [-0.05, 0) is 70.7 Å². The molecule has 0 bridgehead atoms. The molecule has 0 heterocycles. The summed E-state index contributed by atoms with van der Waals surface area (Å²) in [5.41, 5.74) is 10.8. The van der Waals surface area contributed by atoms with Crippen molar-refractivity contribution in [3.8, 4) is 0 Å². The SMILES string of the molecule is Cc1ccc(C)c(C(N)C2(N(C)C)CCC(C)CC2)c1. The summed E-state index contributed by atoms with van der Waals surface area (Å²) in [5, 5.41) is 0. The molecule has 2 rings (SSSR count). The Balaban J connectivity index is 2.36. The Kier molecular flexibility index (Phi) is 4.55. The predicted octanol–water partition coefficient (Wildman–Crippen LogP) is 3.81. The summed E-state index contributed by atoms with van der Waals surface area (Å²) in [6.07, 6.45) is 4.99. The highest BCUT2D eigenvalue weighted by molar-refractivity contribution is 5.35. The first-order valence-corrected chi connectivity index (χ1v) is 7.87. The van der Waals surface area contributed by atoms with Crippen LogP contribution in [0, 0.1) is 19.8 Å². The normalized spacial score (nSPS) is 28.6. The summed E-state index contributed by atoms with van der Waals surface area (Å²) in [6, 6.07) is 6.77. The molecule has 1 fully saturated rings. The third-order valence-electron chi connectivity index (χ3n) is 5.38. The minimum absolute atomic E-state index is 0.102. The van der Waals surface area contributed by atoms with Gasteiger partial charge in [0.05, 0.1) is 0 Å². The summed E-state index contributed by atoms with van der Waals surface area (Å²) in [6.45, 7) is 6.70. The van der Waals surface area contributed by atoms with Gasteiger partial charge in [0.1, 0.15) is 0 Å². The van der Waals surface area contributed by atoms with Gasteiger partial charge in [0.15, 0.2) is 0 Å². The predicted molar refractivity (Wildman–Crippen MR) is 86.9 cm³/mol. The van der Waals surface area contributed by atoms with Gasteiger partial charge in [-0.15, -0.1) is 0 Å². The number of hydrogen-bond donors (Lipinski definition) is 1. The van der Waals surface area contributed by atoms with E-state index in [-0.39, 0.29) is 11.6 Å². The van der Waals surface area contributed by atoms with Crippen molar-refractivity contribution in [2.75, 3.05) is 14.1 Å². The molecule has 0 amide bonds. The van der Waals surface area contributed by atoms with Crippen LogP contribution >= 0.6 is 0 Å². The molecule has 0 saturated heterocycles. The second kappa shape index (κ2) is 5.87. The van der Waals surface area contributed by atoms with E-state index in [1.54, 1.807) is 0 Å². The zero-order chi connectivity index (χ0) is 14.9. The number of likely N-dealkylation sites (N-methyl/N-ethyl adjacent to an activating group) is 1. The van der Waals surface area contributed by atoms with Gasteiger partial charge in [0.2, 0.25) is 0 Å². The quantitative estimate of drug-likeness (QED) is 0.908. The molecule has 0 radical (unpaired) electrons. The van der Waals surface area contributed by atoms with Crippen LogP contribution in [0.5, 0.6) is 0 Å². The molecule has 2 N–H and O–H groups in total. The molecule has 0 aromatic heterocycles. The van der Waals surface area contributed by atoms with Crippen molar-refractivity contribution in [3.05, 3.63) is 34.9 Å². The minimum Gasteiger partial charge on any atom is -0.322 e. The summed E-state index contributed by atoms with van der Waals surface area (Å²) in [4.78, 5) is 2.38. The second-order valence-electron chi connectivity index (χ2n) is 7.02. The maximum atomic E-state index is 6.78. The molecule has 2 nitrogen and oxygen atoms in total. The van der Waals surface area contributed by atoms with Gasteiger partial charge in [-0.25, -0.2) is 0 Å². The maximum Gasteiger partial charge on any atom is 0.0484 e. The van der Waals surface area contributed by atoms with E-state index in [0.29, 0.717) is 0 Å². The van der Waals surface area contributed by atoms with Crippen LogP contribution in [0.25, 0.3) is 0 Å². The van der Waals surface area contributed by atoms with Gasteiger partial charge < -0.3 is 10.6 Å². The van der Waals surface area contributed by atoms with Crippen LogP contribution in [0.15, 0.2) is 18.2 Å². The largest absolute Gasteiger partial charge is 0.322 e.